The Morgan fingerprint density at radius 1 is 0.821 bits per heavy atom. The minimum absolute atomic E-state index is 0.249. The number of hydrogen-bond donors (Lipinski definition) is 0. The van der Waals surface area contributed by atoms with E-state index in [0.29, 0.717) is 6.61 Å². The van der Waals surface area contributed by atoms with Gasteiger partial charge in [-0.05, 0) is 53.6 Å². The summed E-state index contributed by atoms with van der Waals surface area (Å²) in [6.07, 6.45) is 0. The van der Waals surface area contributed by atoms with Gasteiger partial charge in [0.1, 0.15) is 18.2 Å². The minimum Gasteiger partial charge on any atom is -0.488 e. The Bertz CT molecular complexity index is 1170. The zero-order valence-corrected chi connectivity index (χ0v) is 16.4. The molecule has 0 saturated carbocycles. The quantitative estimate of drug-likeness (QED) is 0.345. The van der Waals surface area contributed by atoms with Crippen LogP contribution in [-0.2, 0) is 6.61 Å². The third kappa shape index (κ3) is 3.00. The molecule has 0 fully saturated rings. The number of hydrogen-bond acceptors (Lipinski definition) is 2. The predicted octanol–water partition coefficient (Wildman–Crippen LogP) is 6.88. The molecule has 0 unspecified atom stereocenters. The lowest BCUT2D eigenvalue weighted by molar-refractivity contribution is 0.302. The van der Waals surface area contributed by atoms with Gasteiger partial charge in [-0.25, -0.2) is 9.37 Å². The maximum atomic E-state index is 13.5. The lowest BCUT2D eigenvalue weighted by Crippen LogP contribution is -2.09. The minimum atomic E-state index is -0.249. The fourth-order valence-electron chi connectivity index (χ4n) is 3.53. The van der Waals surface area contributed by atoms with Crippen LogP contribution in [0.4, 0.5) is 4.39 Å². The Labute approximate surface area is 170 Å². The molecular weight excluding hydrogens is 417 g/mol. The smallest absolute Gasteiger partial charge is 0.129 e. The molecule has 3 aromatic carbocycles. The van der Waals surface area contributed by atoms with E-state index < -0.39 is 0 Å². The molecule has 0 aliphatic carbocycles. The molecule has 0 radical (unpaired) electrons. The average molecular weight is 432 g/mol. The summed E-state index contributed by atoms with van der Waals surface area (Å²) >= 11 is 3.48. The molecule has 4 heteroatoms. The summed E-state index contributed by atoms with van der Waals surface area (Å²) in [5, 5.41) is 0. The molecule has 0 amide bonds. The van der Waals surface area contributed by atoms with E-state index in [4.69, 9.17) is 9.72 Å². The van der Waals surface area contributed by atoms with Crippen LogP contribution in [-0.4, -0.2) is 4.98 Å². The number of rotatable bonds is 2. The highest BCUT2D eigenvalue weighted by Crippen LogP contribution is 2.42. The van der Waals surface area contributed by atoms with E-state index in [0.717, 1.165) is 49.4 Å². The molecule has 2 heterocycles. The van der Waals surface area contributed by atoms with Crippen molar-refractivity contribution in [3.8, 4) is 39.4 Å². The van der Waals surface area contributed by atoms with E-state index in [2.05, 4.69) is 22.0 Å². The molecule has 28 heavy (non-hydrogen) atoms. The van der Waals surface area contributed by atoms with Crippen LogP contribution >= 0.6 is 15.9 Å². The van der Waals surface area contributed by atoms with Gasteiger partial charge in [-0.15, -0.1) is 0 Å². The van der Waals surface area contributed by atoms with Gasteiger partial charge in [-0.3, -0.25) is 0 Å². The van der Waals surface area contributed by atoms with E-state index in [1.54, 1.807) is 12.1 Å². The zero-order valence-electron chi connectivity index (χ0n) is 14.8. The number of nitrogens with zero attached hydrogens (tertiary/aromatic N) is 1. The lowest BCUT2D eigenvalue weighted by Gasteiger charge is -2.23. The number of ether oxygens (including phenoxy) is 1. The van der Waals surface area contributed by atoms with Crippen molar-refractivity contribution < 1.29 is 9.13 Å². The molecule has 0 atom stereocenters. The maximum Gasteiger partial charge on any atom is 0.129 e. The van der Waals surface area contributed by atoms with Gasteiger partial charge in [-0.2, -0.15) is 0 Å². The summed E-state index contributed by atoms with van der Waals surface area (Å²) in [4.78, 5) is 4.99. The van der Waals surface area contributed by atoms with Crippen LogP contribution in [0.15, 0.2) is 83.3 Å². The summed E-state index contributed by atoms with van der Waals surface area (Å²) in [7, 11) is 0. The van der Waals surface area contributed by atoms with Gasteiger partial charge in [0, 0.05) is 21.2 Å². The van der Waals surface area contributed by atoms with E-state index in [9.17, 15) is 4.39 Å². The second kappa shape index (κ2) is 6.88. The second-order valence-corrected chi connectivity index (χ2v) is 7.60. The second-order valence-electron chi connectivity index (χ2n) is 6.68. The first-order valence-electron chi connectivity index (χ1n) is 8.97. The van der Waals surface area contributed by atoms with Crippen LogP contribution in [0, 0.1) is 5.82 Å². The van der Waals surface area contributed by atoms with Crippen molar-refractivity contribution in [2.75, 3.05) is 0 Å². The van der Waals surface area contributed by atoms with Crippen molar-refractivity contribution in [3.63, 3.8) is 0 Å². The van der Waals surface area contributed by atoms with Crippen LogP contribution < -0.4 is 4.74 Å². The third-order valence-corrected chi connectivity index (χ3v) is 5.46. The highest BCUT2D eigenvalue weighted by Gasteiger charge is 2.23. The fourth-order valence-corrected chi connectivity index (χ4v) is 3.80. The van der Waals surface area contributed by atoms with Crippen molar-refractivity contribution in [2.45, 2.75) is 6.61 Å². The Morgan fingerprint density at radius 2 is 1.54 bits per heavy atom. The van der Waals surface area contributed by atoms with Crippen LogP contribution in [0.25, 0.3) is 33.6 Å². The van der Waals surface area contributed by atoms with Crippen LogP contribution in [0.1, 0.15) is 5.56 Å². The summed E-state index contributed by atoms with van der Waals surface area (Å²) in [5.41, 5.74) is 6.78. The third-order valence-electron chi connectivity index (χ3n) is 4.93. The topological polar surface area (TPSA) is 22.1 Å². The Hall–Kier alpha value is -2.98. The van der Waals surface area contributed by atoms with Gasteiger partial charge < -0.3 is 4.74 Å². The number of para-hydroxylation sites is 1. The summed E-state index contributed by atoms with van der Waals surface area (Å²) in [6.45, 7) is 0.437. The highest BCUT2D eigenvalue weighted by atomic mass is 79.9. The van der Waals surface area contributed by atoms with Crippen molar-refractivity contribution in [1.82, 2.24) is 4.98 Å². The van der Waals surface area contributed by atoms with Gasteiger partial charge in [0.2, 0.25) is 0 Å². The molecule has 4 aromatic rings. The van der Waals surface area contributed by atoms with E-state index in [-0.39, 0.29) is 5.82 Å². The fraction of sp³-hybridized carbons (Fsp3) is 0.0417. The molecule has 2 nitrogen and oxygen atoms in total. The van der Waals surface area contributed by atoms with Crippen LogP contribution in [0.2, 0.25) is 0 Å². The molecule has 0 spiro atoms. The Balaban J connectivity index is 1.78. The predicted molar refractivity (Wildman–Crippen MR) is 113 cm³/mol. The number of pyridine rings is 1. The first-order valence-corrected chi connectivity index (χ1v) is 9.76. The first kappa shape index (κ1) is 17.1. The lowest BCUT2D eigenvalue weighted by atomic mass is 9.92. The van der Waals surface area contributed by atoms with Crippen molar-refractivity contribution >= 4 is 15.9 Å². The molecule has 1 aliphatic rings. The number of fused-ring (bicyclic) bond motifs is 3. The van der Waals surface area contributed by atoms with Crippen molar-refractivity contribution in [1.29, 1.82) is 0 Å². The molecule has 136 valence electrons. The van der Waals surface area contributed by atoms with Gasteiger partial charge in [0.05, 0.1) is 11.4 Å². The Morgan fingerprint density at radius 3 is 2.32 bits per heavy atom. The Kier molecular flexibility index (Phi) is 4.21. The normalized spacial score (nSPS) is 12.1. The van der Waals surface area contributed by atoms with E-state index in [1.807, 2.05) is 48.5 Å². The van der Waals surface area contributed by atoms with Gasteiger partial charge in [0.25, 0.3) is 0 Å². The zero-order chi connectivity index (χ0) is 19.1. The summed E-state index contributed by atoms with van der Waals surface area (Å²) in [6, 6.07) is 24.7. The molecule has 1 aliphatic heterocycles. The molecule has 5 rings (SSSR count). The van der Waals surface area contributed by atoms with Crippen molar-refractivity contribution in [2.24, 2.45) is 0 Å². The van der Waals surface area contributed by atoms with Crippen LogP contribution in [0.3, 0.4) is 0 Å². The number of halogens is 2. The summed E-state index contributed by atoms with van der Waals surface area (Å²) < 4.78 is 20.5. The number of aromatic nitrogens is 1. The maximum absolute atomic E-state index is 13.5. The van der Waals surface area contributed by atoms with E-state index in [1.165, 1.54) is 12.1 Å². The molecule has 1 aromatic heterocycles. The van der Waals surface area contributed by atoms with Gasteiger partial charge in [0.15, 0.2) is 0 Å². The molecular formula is C24H15BrFNO. The van der Waals surface area contributed by atoms with Gasteiger partial charge in [-0.1, -0.05) is 52.3 Å². The van der Waals surface area contributed by atoms with Crippen molar-refractivity contribution in [3.05, 3.63) is 94.7 Å². The number of benzene rings is 3. The standard InChI is InChI=1S/C24H15BrFNO/c25-17-9-5-16(6-10-17)22-13-20(15-7-11-18(26)12-8-15)21-14-28-23-4-2-1-3-19(23)24(21)27-22/h1-13H,14H2. The highest BCUT2D eigenvalue weighted by molar-refractivity contribution is 9.10. The molecule has 0 bridgehead atoms. The SMILES string of the molecule is Fc1ccc(-c2cc(-c3ccc(Br)cc3)nc3c2COc2ccccc2-3)cc1. The monoisotopic (exact) mass is 431 g/mol. The molecule has 0 saturated heterocycles. The first-order chi connectivity index (χ1) is 13.7. The molecule has 0 N–H and O–H groups in total. The van der Waals surface area contributed by atoms with Crippen LogP contribution in [0.5, 0.6) is 5.75 Å². The van der Waals surface area contributed by atoms with Gasteiger partial charge >= 0.3 is 0 Å². The average Bonchev–Trinajstić information content (AvgIpc) is 2.74. The summed E-state index contributed by atoms with van der Waals surface area (Å²) in [5.74, 6) is 0.585. The van der Waals surface area contributed by atoms with E-state index >= 15 is 0 Å². The largest absolute Gasteiger partial charge is 0.488 e.